The van der Waals surface area contributed by atoms with Gasteiger partial charge in [-0.15, -0.1) is 0 Å². The molecule has 0 atom stereocenters. The van der Waals surface area contributed by atoms with Gasteiger partial charge in [-0.2, -0.15) is 5.26 Å². The molecule has 3 heteroatoms. The zero-order chi connectivity index (χ0) is 18.8. The van der Waals surface area contributed by atoms with Crippen LogP contribution < -0.4 is 4.74 Å². The number of unbranched alkanes of at least 4 members (excludes halogenated alkanes) is 1. The quantitative estimate of drug-likeness (QED) is 0.406. The molecule has 0 heterocycles. The highest BCUT2D eigenvalue weighted by atomic mass is 16.5. The summed E-state index contributed by atoms with van der Waals surface area (Å²) in [7, 11) is 0. The highest BCUT2D eigenvalue weighted by Gasteiger charge is 2.32. The van der Waals surface area contributed by atoms with E-state index < -0.39 is 5.41 Å². The molecular weight excluding hydrogens is 310 g/mol. The van der Waals surface area contributed by atoms with Crippen LogP contribution in [0.25, 0.3) is 11.1 Å². The second-order valence-electron chi connectivity index (χ2n) is 7.69. The lowest BCUT2D eigenvalue weighted by molar-refractivity contribution is -0.122. The van der Waals surface area contributed by atoms with Crippen molar-refractivity contribution in [2.24, 2.45) is 5.41 Å². The maximum absolute atomic E-state index is 12.7. The van der Waals surface area contributed by atoms with Crippen LogP contribution in [0.2, 0.25) is 0 Å². The number of Topliss-reactive ketones (excluding diaryl/α,β-unsaturated/α-hetero) is 1. The predicted molar refractivity (Wildman–Crippen MR) is 102 cm³/mol. The van der Waals surface area contributed by atoms with Gasteiger partial charge in [0.2, 0.25) is 0 Å². The van der Waals surface area contributed by atoms with E-state index in [0.717, 1.165) is 46.4 Å². The van der Waals surface area contributed by atoms with E-state index in [-0.39, 0.29) is 11.4 Å². The predicted octanol–water partition coefficient (Wildman–Crippen LogP) is 5.48. The van der Waals surface area contributed by atoms with Crippen molar-refractivity contribution in [1.82, 2.24) is 0 Å². The number of hydrogen-bond acceptors (Lipinski definition) is 3. The van der Waals surface area contributed by atoms with Gasteiger partial charge in [0.1, 0.15) is 11.8 Å². The number of nitriles is 1. The van der Waals surface area contributed by atoms with Crippen LogP contribution in [0.3, 0.4) is 0 Å². The molecule has 0 fully saturated rings. The first-order chi connectivity index (χ1) is 11.7. The van der Waals surface area contributed by atoms with E-state index >= 15 is 0 Å². The van der Waals surface area contributed by atoms with Gasteiger partial charge in [0.05, 0.1) is 12.2 Å². The van der Waals surface area contributed by atoms with Crippen LogP contribution in [0.5, 0.6) is 5.75 Å². The molecule has 0 amide bonds. The number of ether oxygens (including phenoxy) is 1. The highest BCUT2D eigenvalue weighted by molar-refractivity contribution is 6.12. The Kier molecular flexibility index (Phi) is 5.52. The Hall–Kier alpha value is -2.34. The fourth-order valence-corrected chi connectivity index (χ4v) is 2.97. The second kappa shape index (κ2) is 7.27. The Balaban J connectivity index is 2.52. The van der Waals surface area contributed by atoms with E-state index in [9.17, 15) is 10.1 Å². The topological polar surface area (TPSA) is 50.1 Å². The fourth-order valence-electron chi connectivity index (χ4n) is 2.97. The Morgan fingerprint density at radius 1 is 1.32 bits per heavy atom. The first-order valence-corrected chi connectivity index (χ1v) is 8.84. The monoisotopic (exact) mass is 337 g/mol. The Labute approximate surface area is 151 Å². The van der Waals surface area contributed by atoms with Crippen molar-refractivity contribution >= 4 is 16.9 Å². The summed E-state index contributed by atoms with van der Waals surface area (Å²) >= 11 is 0. The van der Waals surface area contributed by atoms with E-state index in [1.807, 2.05) is 39.8 Å². The minimum Gasteiger partial charge on any atom is -0.493 e. The summed E-state index contributed by atoms with van der Waals surface area (Å²) in [6.07, 6.45) is 2.64. The maximum Gasteiger partial charge on any atom is 0.178 e. The summed E-state index contributed by atoms with van der Waals surface area (Å²) < 4.78 is 5.89. The van der Waals surface area contributed by atoms with E-state index in [0.29, 0.717) is 13.0 Å². The molecule has 1 aromatic rings. The summed E-state index contributed by atoms with van der Waals surface area (Å²) in [5.74, 6) is 0.738. The zero-order valence-corrected chi connectivity index (χ0v) is 16.0. The van der Waals surface area contributed by atoms with E-state index in [4.69, 9.17) is 4.74 Å². The number of aryl methyl sites for hydroxylation is 1. The number of nitrogens with zero attached hydrogens (tertiary/aromatic N) is 1. The third-order valence-electron chi connectivity index (χ3n) is 4.49. The van der Waals surface area contributed by atoms with Crippen molar-refractivity contribution in [2.45, 2.75) is 53.9 Å². The summed E-state index contributed by atoms with van der Waals surface area (Å²) in [5.41, 5.74) is 4.35. The molecule has 0 aromatic heterocycles. The third kappa shape index (κ3) is 3.85. The standard InChI is InChI=1S/C22H27NO2/c1-7-8-9-25-20-12-16-14(2)10-18(17(16)11-15(20)3)19(13-23)21(24)22(4,5)6/h11-12H,2,7-10H2,1,3-6H3/b19-18+. The number of carbonyl (C=O) groups excluding carboxylic acids is 1. The fraction of sp³-hybridized carbons (Fsp3) is 0.455. The first-order valence-electron chi connectivity index (χ1n) is 8.84. The Bertz CT molecular complexity index is 785. The molecule has 0 aliphatic heterocycles. The molecule has 25 heavy (non-hydrogen) atoms. The largest absolute Gasteiger partial charge is 0.493 e. The van der Waals surface area contributed by atoms with E-state index in [1.54, 1.807) is 0 Å². The van der Waals surface area contributed by atoms with Crippen LogP contribution in [0.1, 0.15) is 63.6 Å². The minimum absolute atomic E-state index is 0.119. The molecule has 3 nitrogen and oxygen atoms in total. The number of allylic oxidation sites excluding steroid dienone is 3. The lowest BCUT2D eigenvalue weighted by atomic mass is 9.84. The lowest BCUT2D eigenvalue weighted by Crippen LogP contribution is -2.22. The SMILES string of the molecule is C=C1C/C(=C(/C#N)C(=O)C(C)(C)C)c2cc(C)c(OCCCC)cc21. The van der Waals surface area contributed by atoms with Crippen molar-refractivity contribution in [3.8, 4) is 11.8 Å². The highest BCUT2D eigenvalue weighted by Crippen LogP contribution is 2.44. The molecule has 0 saturated carbocycles. The van der Waals surface area contributed by atoms with Crippen LogP contribution in [0.4, 0.5) is 0 Å². The van der Waals surface area contributed by atoms with Gasteiger partial charge in [0, 0.05) is 5.41 Å². The van der Waals surface area contributed by atoms with Crippen molar-refractivity contribution in [3.05, 3.63) is 41.0 Å². The molecule has 0 radical (unpaired) electrons. The summed E-state index contributed by atoms with van der Waals surface area (Å²) in [6, 6.07) is 6.18. The van der Waals surface area contributed by atoms with Crippen LogP contribution in [-0.2, 0) is 4.79 Å². The molecule has 1 aliphatic rings. The Morgan fingerprint density at radius 3 is 2.56 bits per heavy atom. The molecule has 1 aromatic carbocycles. The van der Waals surface area contributed by atoms with Crippen LogP contribution >= 0.6 is 0 Å². The van der Waals surface area contributed by atoms with Gasteiger partial charge in [-0.3, -0.25) is 4.79 Å². The molecule has 1 aliphatic carbocycles. The van der Waals surface area contributed by atoms with E-state index in [1.165, 1.54) is 0 Å². The average molecular weight is 337 g/mol. The number of benzene rings is 1. The van der Waals surface area contributed by atoms with Gasteiger partial charge in [-0.25, -0.2) is 0 Å². The third-order valence-corrected chi connectivity index (χ3v) is 4.49. The first kappa shape index (κ1) is 19.0. The smallest absolute Gasteiger partial charge is 0.178 e. The van der Waals surface area contributed by atoms with Crippen molar-refractivity contribution < 1.29 is 9.53 Å². The number of carbonyl (C=O) groups is 1. The normalized spacial score (nSPS) is 15.6. The average Bonchev–Trinajstić information content (AvgIpc) is 2.84. The van der Waals surface area contributed by atoms with Crippen molar-refractivity contribution in [3.63, 3.8) is 0 Å². The zero-order valence-electron chi connectivity index (χ0n) is 16.0. The molecular formula is C22H27NO2. The number of rotatable bonds is 5. The molecule has 0 bridgehead atoms. The Morgan fingerprint density at radius 2 is 2.00 bits per heavy atom. The number of fused-ring (bicyclic) bond motifs is 1. The van der Waals surface area contributed by atoms with Gasteiger partial charge in [-0.05, 0) is 59.7 Å². The van der Waals surface area contributed by atoms with Gasteiger partial charge in [-0.1, -0.05) is 40.7 Å². The number of hydrogen-bond donors (Lipinski definition) is 0. The van der Waals surface area contributed by atoms with Crippen LogP contribution in [-0.4, -0.2) is 12.4 Å². The van der Waals surface area contributed by atoms with Gasteiger partial charge < -0.3 is 4.74 Å². The minimum atomic E-state index is -0.583. The molecule has 132 valence electrons. The van der Waals surface area contributed by atoms with Gasteiger partial charge >= 0.3 is 0 Å². The van der Waals surface area contributed by atoms with Crippen LogP contribution in [0.15, 0.2) is 24.3 Å². The van der Waals surface area contributed by atoms with Crippen molar-refractivity contribution in [1.29, 1.82) is 5.26 Å². The molecule has 0 unspecified atom stereocenters. The maximum atomic E-state index is 12.7. The van der Waals surface area contributed by atoms with Crippen molar-refractivity contribution in [2.75, 3.05) is 6.61 Å². The molecule has 0 N–H and O–H groups in total. The molecule has 2 rings (SSSR count). The molecule has 0 saturated heterocycles. The number of ketones is 1. The summed E-state index contributed by atoms with van der Waals surface area (Å²) in [5, 5.41) is 9.62. The molecule has 0 spiro atoms. The summed E-state index contributed by atoms with van der Waals surface area (Å²) in [6.45, 7) is 14.5. The van der Waals surface area contributed by atoms with E-state index in [2.05, 4.69) is 19.6 Å². The summed E-state index contributed by atoms with van der Waals surface area (Å²) in [4.78, 5) is 12.7. The van der Waals surface area contributed by atoms with Gasteiger partial charge in [0.15, 0.2) is 5.78 Å². The van der Waals surface area contributed by atoms with Crippen LogP contribution in [0, 0.1) is 23.7 Å². The van der Waals surface area contributed by atoms with Gasteiger partial charge in [0.25, 0.3) is 0 Å². The lowest BCUT2D eigenvalue weighted by Gasteiger charge is -2.17. The second-order valence-corrected chi connectivity index (χ2v) is 7.69.